The van der Waals surface area contributed by atoms with Crippen LogP contribution in [0.4, 0.5) is 13.2 Å². The minimum Gasteiger partial charge on any atom is -0.461 e. The zero-order chi connectivity index (χ0) is 19.6. The zero-order valence-electron chi connectivity index (χ0n) is 13.8. The van der Waals surface area contributed by atoms with Gasteiger partial charge in [-0.15, -0.1) is 10.2 Å². The number of furan rings is 1. The van der Waals surface area contributed by atoms with Gasteiger partial charge in [-0.2, -0.15) is 27.9 Å². The van der Waals surface area contributed by atoms with Gasteiger partial charge in [0, 0.05) is 5.69 Å². The van der Waals surface area contributed by atoms with Gasteiger partial charge in [-0.1, -0.05) is 22.9 Å². The van der Waals surface area contributed by atoms with Crippen LogP contribution in [0.2, 0.25) is 5.02 Å². The summed E-state index contributed by atoms with van der Waals surface area (Å²) in [5.41, 5.74) is -0.818. The molecule has 28 heavy (non-hydrogen) atoms. The second-order valence-electron chi connectivity index (χ2n) is 5.78. The highest BCUT2D eigenvalue weighted by Gasteiger charge is 2.36. The lowest BCUT2D eigenvalue weighted by Crippen LogP contribution is -2.13. The largest absolute Gasteiger partial charge is 0.461 e. The van der Waals surface area contributed by atoms with Crippen molar-refractivity contribution in [3.63, 3.8) is 0 Å². The number of aryl methyl sites for hydroxylation is 1. The third kappa shape index (κ3) is 2.48. The van der Waals surface area contributed by atoms with Crippen LogP contribution in [0.25, 0.3) is 32.9 Å². The van der Waals surface area contributed by atoms with Gasteiger partial charge in [0.1, 0.15) is 16.4 Å². The van der Waals surface area contributed by atoms with Crippen molar-refractivity contribution in [2.75, 3.05) is 0 Å². The smallest absolute Gasteiger partial charge is 0.433 e. The number of fused-ring (bicyclic) bond motifs is 2. The van der Waals surface area contributed by atoms with Gasteiger partial charge in [-0.25, -0.2) is 9.50 Å². The number of hydrogen-bond acceptors (Lipinski definition) is 7. The van der Waals surface area contributed by atoms with Crippen molar-refractivity contribution < 1.29 is 17.6 Å². The van der Waals surface area contributed by atoms with Crippen LogP contribution in [-0.4, -0.2) is 34.4 Å². The first-order valence-corrected chi connectivity index (χ1v) is 8.92. The predicted octanol–water partition coefficient (Wildman–Crippen LogP) is 4.14. The Morgan fingerprint density at radius 2 is 2.00 bits per heavy atom. The Balaban J connectivity index is 1.73. The predicted molar refractivity (Wildman–Crippen MR) is 93.1 cm³/mol. The second kappa shape index (κ2) is 5.75. The van der Waals surface area contributed by atoms with E-state index in [0.717, 1.165) is 17.4 Å². The summed E-state index contributed by atoms with van der Waals surface area (Å²) in [6.45, 7) is 1.46. The van der Waals surface area contributed by atoms with Gasteiger partial charge in [-0.05, 0) is 25.1 Å². The number of halogens is 4. The van der Waals surface area contributed by atoms with Gasteiger partial charge in [0.15, 0.2) is 16.4 Å². The Bertz CT molecular complexity index is 1340. The molecule has 5 rings (SSSR count). The maximum atomic E-state index is 13.4. The molecule has 13 heteroatoms. The molecule has 5 aromatic heterocycles. The highest BCUT2D eigenvalue weighted by Crippen LogP contribution is 2.37. The summed E-state index contributed by atoms with van der Waals surface area (Å²) in [5, 5.41) is 16.6. The van der Waals surface area contributed by atoms with Crippen molar-refractivity contribution in [2.24, 2.45) is 0 Å². The van der Waals surface area contributed by atoms with Gasteiger partial charge in [0.2, 0.25) is 10.8 Å². The summed E-state index contributed by atoms with van der Waals surface area (Å²) < 4.78 is 47.6. The first-order valence-electron chi connectivity index (χ1n) is 7.72. The summed E-state index contributed by atoms with van der Waals surface area (Å²) in [7, 11) is 0. The van der Waals surface area contributed by atoms with Crippen molar-refractivity contribution in [1.29, 1.82) is 0 Å². The Morgan fingerprint density at radius 3 is 2.71 bits per heavy atom. The van der Waals surface area contributed by atoms with Crippen LogP contribution in [0.3, 0.4) is 0 Å². The monoisotopic (exact) mass is 425 g/mol. The molecule has 0 saturated carbocycles. The molecule has 0 aliphatic heterocycles. The van der Waals surface area contributed by atoms with E-state index in [0.29, 0.717) is 21.1 Å². The van der Waals surface area contributed by atoms with E-state index in [2.05, 4.69) is 25.4 Å². The van der Waals surface area contributed by atoms with E-state index in [4.69, 9.17) is 16.0 Å². The lowest BCUT2D eigenvalue weighted by molar-refractivity contribution is -0.142. The van der Waals surface area contributed by atoms with E-state index >= 15 is 0 Å². The molecule has 0 atom stereocenters. The van der Waals surface area contributed by atoms with Crippen LogP contribution in [0.1, 0.15) is 11.4 Å². The fourth-order valence-corrected chi connectivity index (χ4v) is 3.86. The van der Waals surface area contributed by atoms with Gasteiger partial charge in [-0.3, -0.25) is 0 Å². The zero-order valence-corrected chi connectivity index (χ0v) is 15.3. The molecule has 0 unspecified atom stereocenters. The van der Waals surface area contributed by atoms with E-state index in [1.165, 1.54) is 17.7 Å². The van der Waals surface area contributed by atoms with Gasteiger partial charge in [0.25, 0.3) is 0 Å². The fraction of sp³-hybridized carbons (Fsp3) is 0.133. The van der Waals surface area contributed by atoms with E-state index in [1.54, 1.807) is 12.1 Å². The molecule has 0 amide bonds. The van der Waals surface area contributed by atoms with Gasteiger partial charge in [0.05, 0.1) is 6.26 Å². The lowest BCUT2D eigenvalue weighted by atomic mass is 10.3. The SMILES string of the molecule is Cc1cc(C(F)(F)F)n2nc(-c3nn4c(-c5ccco5)nnc4s3)c(Cl)c2n1. The summed E-state index contributed by atoms with van der Waals surface area (Å²) in [5.74, 6) is 0.800. The van der Waals surface area contributed by atoms with E-state index in [-0.39, 0.29) is 27.1 Å². The van der Waals surface area contributed by atoms with Crippen molar-refractivity contribution >= 4 is 33.5 Å². The van der Waals surface area contributed by atoms with Crippen molar-refractivity contribution in [1.82, 2.24) is 34.4 Å². The third-order valence-corrected chi connectivity index (χ3v) is 5.14. The third-order valence-electron chi connectivity index (χ3n) is 3.89. The molecule has 0 bridgehead atoms. The van der Waals surface area contributed by atoms with Crippen LogP contribution in [0, 0.1) is 6.92 Å². The molecule has 0 aromatic carbocycles. The van der Waals surface area contributed by atoms with Gasteiger partial charge < -0.3 is 4.42 Å². The Kier molecular flexibility index (Phi) is 3.52. The summed E-state index contributed by atoms with van der Waals surface area (Å²) in [4.78, 5) is 4.50. The molecule has 0 radical (unpaired) electrons. The van der Waals surface area contributed by atoms with Crippen molar-refractivity contribution in [2.45, 2.75) is 13.1 Å². The molecule has 0 N–H and O–H groups in total. The second-order valence-corrected chi connectivity index (χ2v) is 7.11. The molecule has 0 aliphatic rings. The normalized spacial score (nSPS) is 12.5. The number of alkyl halides is 3. The average Bonchev–Trinajstić information content (AvgIpc) is 3.37. The van der Waals surface area contributed by atoms with Crippen LogP contribution < -0.4 is 0 Å². The van der Waals surface area contributed by atoms with Crippen LogP contribution in [-0.2, 0) is 6.18 Å². The molecule has 0 fully saturated rings. The van der Waals surface area contributed by atoms with Gasteiger partial charge >= 0.3 is 6.18 Å². The van der Waals surface area contributed by atoms with Crippen LogP contribution >= 0.6 is 22.9 Å². The minimum absolute atomic E-state index is 0.0290. The molecule has 5 aromatic rings. The fourth-order valence-electron chi connectivity index (χ4n) is 2.72. The quantitative estimate of drug-likeness (QED) is 0.422. The van der Waals surface area contributed by atoms with Crippen LogP contribution in [0.5, 0.6) is 0 Å². The molecule has 0 aliphatic carbocycles. The van der Waals surface area contributed by atoms with E-state index in [1.807, 2.05) is 0 Å². The molecule has 5 heterocycles. The Labute approximate surface area is 162 Å². The first-order chi connectivity index (χ1) is 13.3. The number of nitrogens with zero attached hydrogens (tertiary/aromatic N) is 7. The summed E-state index contributed by atoms with van der Waals surface area (Å²) >= 11 is 7.39. The molecule has 0 spiro atoms. The number of rotatable bonds is 2. The Hall–Kier alpha value is -2.99. The molecular weight excluding hydrogens is 419 g/mol. The maximum absolute atomic E-state index is 13.4. The molecular formula is C15H7ClF3N7OS. The first kappa shape index (κ1) is 17.1. The minimum atomic E-state index is -4.62. The lowest BCUT2D eigenvalue weighted by Gasteiger charge is -2.09. The summed E-state index contributed by atoms with van der Waals surface area (Å²) in [6.07, 6.45) is -3.14. The summed E-state index contributed by atoms with van der Waals surface area (Å²) in [6, 6.07) is 4.29. The molecule has 8 nitrogen and oxygen atoms in total. The van der Waals surface area contributed by atoms with Crippen LogP contribution in [0.15, 0.2) is 28.9 Å². The molecule has 0 saturated heterocycles. The molecule has 142 valence electrons. The number of hydrogen-bond donors (Lipinski definition) is 0. The topological polar surface area (TPSA) is 86.4 Å². The number of aromatic nitrogens is 7. The standard InChI is InChI=1S/C15H7ClF3N7OS/c1-6-5-8(15(17,18)19)25-12(20-6)9(16)10(23-25)13-24-26-11(7-3-2-4-27-7)21-22-14(26)28-13/h2-5H,1H3. The highest BCUT2D eigenvalue weighted by molar-refractivity contribution is 7.19. The van der Waals surface area contributed by atoms with Crippen molar-refractivity contribution in [3.8, 4) is 22.3 Å². The van der Waals surface area contributed by atoms with E-state index in [9.17, 15) is 13.2 Å². The van der Waals surface area contributed by atoms with E-state index < -0.39 is 11.9 Å². The highest BCUT2D eigenvalue weighted by atomic mass is 35.5. The Morgan fingerprint density at radius 1 is 1.18 bits per heavy atom. The van der Waals surface area contributed by atoms with Crippen molar-refractivity contribution in [3.05, 3.63) is 40.9 Å². The average molecular weight is 426 g/mol. The maximum Gasteiger partial charge on any atom is 0.433 e.